The Morgan fingerprint density at radius 2 is 2.00 bits per heavy atom. The standard InChI is InChI=1S/C21H14Cl2FN5O3/c22-13-2-1-3-15(24)12(13)8-29-9-14(23)20(28-29)25-21(30)17-7-16(26-27-17)11-4-5-18-19(6-11)32-10-31-18/h1-7,9H,8,10H2,(H,26,27)(H,25,28,30). The summed E-state index contributed by atoms with van der Waals surface area (Å²) in [4.78, 5) is 12.7. The van der Waals surface area contributed by atoms with E-state index in [2.05, 4.69) is 20.6 Å². The Kier molecular flexibility index (Phi) is 5.20. The van der Waals surface area contributed by atoms with Gasteiger partial charge in [-0.3, -0.25) is 14.6 Å². The van der Waals surface area contributed by atoms with Gasteiger partial charge in [0.05, 0.1) is 12.2 Å². The first-order valence-electron chi connectivity index (χ1n) is 9.40. The Morgan fingerprint density at radius 3 is 2.84 bits per heavy atom. The molecule has 0 atom stereocenters. The quantitative estimate of drug-likeness (QED) is 0.436. The fourth-order valence-corrected chi connectivity index (χ4v) is 3.65. The molecule has 2 N–H and O–H groups in total. The van der Waals surface area contributed by atoms with Crippen LogP contribution >= 0.6 is 23.2 Å². The zero-order valence-electron chi connectivity index (χ0n) is 16.2. The molecule has 162 valence electrons. The number of fused-ring (bicyclic) bond motifs is 1. The number of aromatic nitrogens is 4. The molecule has 32 heavy (non-hydrogen) atoms. The molecule has 4 aromatic rings. The van der Waals surface area contributed by atoms with Gasteiger partial charge >= 0.3 is 0 Å². The zero-order chi connectivity index (χ0) is 22.2. The first-order chi connectivity index (χ1) is 15.5. The lowest BCUT2D eigenvalue weighted by atomic mass is 10.1. The molecule has 1 amide bonds. The van der Waals surface area contributed by atoms with Gasteiger partial charge in [0.15, 0.2) is 17.3 Å². The number of ether oxygens (including phenoxy) is 2. The Morgan fingerprint density at radius 1 is 1.16 bits per heavy atom. The summed E-state index contributed by atoms with van der Waals surface area (Å²) in [6.45, 7) is 0.225. The van der Waals surface area contributed by atoms with Crippen LogP contribution in [0.2, 0.25) is 10.0 Å². The highest BCUT2D eigenvalue weighted by atomic mass is 35.5. The van der Waals surface area contributed by atoms with Crippen LogP contribution in [0.5, 0.6) is 11.5 Å². The predicted octanol–water partition coefficient (Wildman–Crippen LogP) is 4.75. The number of hydrogen-bond donors (Lipinski definition) is 2. The van der Waals surface area contributed by atoms with Crippen molar-refractivity contribution in [2.75, 3.05) is 12.1 Å². The van der Waals surface area contributed by atoms with E-state index in [1.54, 1.807) is 24.3 Å². The van der Waals surface area contributed by atoms with E-state index in [0.29, 0.717) is 17.2 Å². The average molecular weight is 474 g/mol. The number of hydrogen-bond acceptors (Lipinski definition) is 5. The van der Waals surface area contributed by atoms with Crippen LogP contribution in [0.3, 0.4) is 0 Å². The normalized spacial score (nSPS) is 12.2. The van der Waals surface area contributed by atoms with Crippen molar-refractivity contribution < 1.29 is 18.7 Å². The molecule has 8 nitrogen and oxygen atoms in total. The van der Waals surface area contributed by atoms with E-state index >= 15 is 0 Å². The molecule has 1 aliphatic rings. The third kappa shape index (κ3) is 3.88. The second kappa shape index (κ2) is 8.18. The molecule has 0 saturated heterocycles. The Hall–Kier alpha value is -3.56. The van der Waals surface area contributed by atoms with Crippen molar-refractivity contribution in [2.45, 2.75) is 6.54 Å². The summed E-state index contributed by atoms with van der Waals surface area (Å²) in [6, 6.07) is 11.4. The van der Waals surface area contributed by atoms with Crippen molar-refractivity contribution in [1.82, 2.24) is 20.0 Å². The SMILES string of the molecule is O=C(Nc1nn(Cc2c(F)cccc2Cl)cc1Cl)c1cc(-c2ccc3c(c2)OCO3)n[nH]1. The number of carbonyl (C=O) groups excluding carboxylic acids is 1. The number of rotatable bonds is 5. The first-order valence-corrected chi connectivity index (χ1v) is 10.2. The third-order valence-electron chi connectivity index (χ3n) is 4.82. The van der Waals surface area contributed by atoms with Gasteiger partial charge in [-0.1, -0.05) is 29.3 Å². The van der Waals surface area contributed by atoms with E-state index in [9.17, 15) is 9.18 Å². The minimum atomic E-state index is -0.486. The largest absolute Gasteiger partial charge is 0.454 e. The van der Waals surface area contributed by atoms with Crippen LogP contribution in [0.25, 0.3) is 11.3 Å². The van der Waals surface area contributed by atoms with Gasteiger partial charge in [-0.25, -0.2) is 4.39 Å². The number of benzene rings is 2. The molecule has 0 spiro atoms. The molecular formula is C21H14Cl2FN5O3. The van der Waals surface area contributed by atoms with Gasteiger partial charge in [0, 0.05) is 22.3 Å². The lowest BCUT2D eigenvalue weighted by Gasteiger charge is -2.05. The summed E-state index contributed by atoms with van der Waals surface area (Å²) in [7, 11) is 0. The number of anilines is 1. The number of H-pyrrole nitrogens is 1. The number of carbonyl (C=O) groups is 1. The van der Waals surface area contributed by atoms with Crippen LogP contribution < -0.4 is 14.8 Å². The first kappa shape index (κ1) is 20.3. The van der Waals surface area contributed by atoms with Gasteiger partial charge in [-0.05, 0) is 36.4 Å². The summed E-state index contributed by atoms with van der Waals surface area (Å²) < 4.78 is 26.1. The highest BCUT2D eigenvalue weighted by molar-refractivity contribution is 6.33. The monoisotopic (exact) mass is 473 g/mol. The van der Waals surface area contributed by atoms with E-state index in [1.165, 1.54) is 23.0 Å². The summed E-state index contributed by atoms with van der Waals surface area (Å²) in [5.74, 6) is 0.458. The summed E-state index contributed by atoms with van der Waals surface area (Å²) >= 11 is 12.3. The zero-order valence-corrected chi connectivity index (χ0v) is 17.7. The minimum Gasteiger partial charge on any atom is -0.454 e. The molecule has 0 saturated carbocycles. The summed E-state index contributed by atoms with van der Waals surface area (Å²) in [6.07, 6.45) is 1.48. The highest BCUT2D eigenvalue weighted by Crippen LogP contribution is 2.35. The van der Waals surface area contributed by atoms with E-state index in [1.807, 2.05) is 6.07 Å². The molecule has 0 radical (unpaired) electrons. The van der Waals surface area contributed by atoms with Crippen LogP contribution in [-0.4, -0.2) is 32.7 Å². The number of nitrogens with one attached hydrogen (secondary N) is 2. The maximum absolute atomic E-state index is 14.0. The number of nitrogens with zero attached hydrogens (tertiary/aromatic N) is 3. The van der Waals surface area contributed by atoms with Crippen molar-refractivity contribution in [1.29, 1.82) is 0 Å². The summed E-state index contributed by atoms with van der Waals surface area (Å²) in [5, 5.41) is 14.2. The van der Waals surface area contributed by atoms with Crippen LogP contribution in [0, 0.1) is 5.82 Å². The van der Waals surface area contributed by atoms with Gasteiger partial charge in [-0.2, -0.15) is 10.2 Å². The molecule has 2 aromatic heterocycles. The van der Waals surface area contributed by atoms with Crippen molar-refractivity contribution in [3.8, 4) is 22.8 Å². The lowest BCUT2D eigenvalue weighted by molar-refractivity contribution is 0.102. The number of aromatic amines is 1. The van der Waals surface area contributed by atoms with Gasteiger partial charge in [0.2, 0.25) is 6.79 Å². The van der Waals surface area contributed by atoms with Crippen molar-refractivity contribution in [3.63, 3.8) is 0 Å². The molecule has 11 heteroatoms. The molecule has 1 aliphatic heterocycles. The average Bonchev–Trinajstić information content (AvgIpc) is 3.50. The highest BCUT2D eigenvalue weighted by Gasteiger charge is 2.18. The second-order valence-electron chi connectivity index (χ2n) is 6.91. The van der Waals surface area contributed by atoms with Crippen LogP contribution in [0.4, 0.5) is 10.2 Å². The summed E-state index contributed by atoms with van der Waals surface area (Å²) in [5.41, 5.74) is 1.79. The van der Waals surface area contributed by atoms with Gasteiger partial charge in [0.25, 0.3) is 5.91 Å². The van der Waals surface area contributed by atoms with Crippen LogP contribution in [0.15, 0.2) is 48.7 Å². The molecule has 5 rings (SSSR count). The van der Waals surface area contributed by atoms with Crippen LogP contribution in [-0.2, 0) is 6.54 Å². The third-order valence-corrected chi connectivity index (χ3v) is 5.45. The smallest absolute Gasteiger partial charge is 0.274 e. The fourth-order valence-electron chi connectivity index (χ4n) is 3.22. The molecule has 0 aliphatic carbocycles. The number of amides is 1. The van der Waals surface area contributed by atoms with Crippen molar-refractivity contribution in [3.05, 3.63) is 75.8 Å². The molecule has 0 bridgehead atoms. The maximum Gasteiger partial charge on any atom is 0.274 e. The Labute approximate surface area is 190 Å². The number of halogens is 3. The Balaban J connectivity index is 1.32. The molecule has 0 unspecified atom stereocenters. The Bertz CT molecular complexity index is 1320. The van der Waals surface area contributed by atoms with Gasteiger partial charge in [-0.15, -0.1) is 0 Å². The second-order valence-corrected chi connectivity index (χ2v) is 7.73. The van der Waals surface area contributed by atoms with Crippen molar-refractivity contribution in [2.24, 2.45) is 0 Å². The minimum absolute atomic E-state index is 0.0550. The topological polar surface area (TPSA) is 94.1 Å². The van der Waals surface area contributed by atoms with Crippen molar-refractivity contribution >= 4 is 34.9 Å². The van der Waals surface area contributed by atoms with Gasteiger partial charge < -0.3 is 14.8 Å². The fraction of sp³-hybridized carbons (Fsp3) is 0.0952. The molecule has 0 fully saturated rings. The van der Waals surface area contributed by atoms with Gasteiger partial charge in [0.1, 0.15) is 16.5 Å². The predicted molar refractivity (Wildman–Crippen MR) is 116 cm³/mol. The molecule has 2 aromatic carbocycles. The van der Waals surface area contributed by atoms with E-state index in [4.69, 9.17) is 32.7 Å². The van der Waals surface area contributed by atoms with E-state index in [0.717, 1.165) is 5.56 Å². The van der Waals surface area contributed by atoms with E-state index < -0.39 is 11.7 Å². The van der Waals surface area contributed by atoms with Crippen LogP contribution in [0.1, 0.15) is 16.1 Å². The molecule has 3 heterocycles. The van der Waals surface area contributed by atoms with E-state index in [-0.39, 0.29) is 40.5 Å². The maximum atomic E-state index is 14.0. The lowest BCUT2D eigenvalue weighted by Crippen LogP contribution is -2.13. The molecular weight excluding hydrogens is 460 g/mol.